The molecular weight excluding hydrogens is 210 g/mol. The monoisotopic (exact) mass is 233 g/mol. The molecule has 2 rings (SSSR count). The molecule has 94 valence electrons. The number of aromatic nitrogens is 1. The predicted octanol–water partition coefficient (Wildman–Crippen LogP) is 2.09. The van der Waals surface area contributed by atoms with Gasteiger partial charge < -0.3 is 5.73 Å². The highest BCUT2D eigenvalue weighted by Gasteiger charge is 2.21. The molecule has 3 heteroatoms. The van der Waals surface area contributed by atoms with E-state index >= 15 is 0 Å². The van der Waals surface area contributed by atoms with Gasteiger partial charge in [-0.25, -0.2) is 0 Å². The van der Waals surface area contributed by atoms with Crippen molar-refractivity contribution in [2.75, 3.05) is 13.1 Å². The Labute approximate surface area is 104 Å². The Morgan fingerprint density at radius 1 is 1.47 bits per heavy atom. The number of hydrogen-bond donors (Lipinski definition) is 1. The van der Waals surface area contributed by atoms with Crippen molar-refractivity contribution in [2.45, 2.75) is 45.2 Å². The Morgan fingerprint density at radius 2 is 2.35 bits per heavy atom. The van der Waals surface area contributed by atoms with Gasteiger partial charge in [-0.3, -0.25) is 9.88 Å². The maximum absolute atomic E-state index is 5.71. The first kappa shape index (κ1) is 12.5. The van der Waals surface area contributed by atoms with Crippen molar-refractivity contribution in [1.29, 1.82) is 0 Å². The van der Waals surface area contributed by atoms with Crippen molar-refractivity contribution >= 4 is 0 Å². The minimum absolute atomic E-state index is 0.674. The fraction of sp³-hybridized carbons (Fsp3) is 0.643. The van der Waals surface area contributed by atoms with Crippen LogP contribution in [-0.2, 0) is 6.54 Å². The van der Waals surface area contributed by atoms with Gasteiger partial charge in [-0.2, -0.15) is 0 Å². The van der Waals surface area contributed by atoms with Crippen LogP contribution in [0.1, 0.15) is 36.8 Å². The van der Waals surface area contributed by atoms with E-state index < -0.39 is 0 Å². The molecule has 1 fully saturated rings. The van der Waals surface area contributed by atoms with Crippen LogP contribution in [-0.4, -0.2) is 29.0 Å². The van der Waals surface area contributed by atoms with Gasteiger partial charge in [-0.15, -0.1) is 0 Å². The average molecular weight is 233 g/mol. The fourth-order valence-electron chi connectivity index (χ4n) is 2.67. The SMILES string of the molecule is Cc1ccncc1CN1CCCCC1CCN. The third kappa shape index (κ3) is 3.27. The summed E-state index contributed by atoms with van der Waals surface area (Å²) >= 11 is 0. The van der Waals surface area contributed by atoms with Gasteiger partial charge in [-0.1, -0.05) is 6.42 Å². The third-order valence-corrected chi connectivity index (χ3v) is 3.77. The van der Waals surface area contributed by atoms with Gasteiger partial charge in [0.25, 0.3) is 0 Å². The lowest BCUT2D eigenvalue weighted by molar-refractivity contribution is 0.133. The van der Waals surface area contributed by atoms with Gasteiger partial charge in [0.15, 0.2) is 0 Å². The van der Waals surface area contributed by atoms with E-state index in [2.05, 4.69) is 22.9 Å². The minimum Gasteiger partial charge on any atom is -0.330 e. The van der Waals surface area contributed by atoms with Crippen LogP contribution < -0.4 is 5.73 Å². The van der Waals surface area contributed by atoms with Crippen LogP contribution in [0.3, 0.4) is 0 Å². The first-order valence-electron chi connectivity index (χ1n) is 6.65. The summed E-state index contributed by atoms with van der Waals surface area (Å²) in [5.41, 5.74) is 8.41. The summed E-state index contributed by atoms with van der Waals surface area (Å²) in [5.74, 6) is 0. The lowest BCUT2D eigenvalue weighted by Gasteiger charge is -2.35. The van der Waals surface area contributed by atoms with Crippen LogP contribution in [0.5, 0.6) is 0 Å². The maximum atomic E-state index is 5.71. The Morgan fingerprint density at radius 3 is 3.12 bits per heavy atom. The van der Waals surface area contributed by atoms with Crippen LogP contribution in [0.25, 0.3) is 0 Å². The first-order chi connectivity index (χ1) is 8.31. The largest absolute Gasteiger partial charge is 0.330 e. The summed E-state index contributed by atoms with van der Waals surface area (Å²) in [5, 5.41) is 0. The summed E-state index contributed by atoms with van der Waals surface area (Å²) < 4.78 is 0. The number of rotatable bonds is 4. The van der Waals surface area contributed by atoms with Crippen molar-refractivity contribution in [1.82, 2.24) is 9.88 Å². The summed E-state index contributed by atoms with van der Waals surface area (Å²) in [4.78, 5) is 6.81. The number of aryl methyl sites for hydroxylation is 1. The van der Waals surface area contributed by atoms with E-state index in [0.29, 0.717) is 6.04 Å². The normalized spacial score (nSPS) is 21.6. The minimum atomic E-state index is 0.674. The Kier molecular flexibility index (Phi) is 4.51. The predicted molar refractivity (Wildman–Crippen MR) is 70.7 cm³/mol. The second-order valence-electron chi connectivity index (χ2n) is 5.00. The first-order valence-corrected chi connectivity index (χ1v) is 6.65. The summed E-state index contributed by atoms with van der Waals surface area (Å²) in [6.45, 7) is 5.20. The molecule has 2 heterocycles. The molecule has 0 bridgehead atoms. The lowest BCUT2D eigenvalue weighted by atomic mass is 9.98. The Balaban J connectivity index is 2.03. The lowest BCUT2D eigenvalue weighted by Crippen LogP contribution is -2.40. The molecule has 0 aromatic carbocycles. The zero-order chi connectivity index (χ0) is 12.1. The molecule has 2 N–H and O–H groups in total. The molecule has 0 spiro atoms. The Hall–Kier alpha value is -0.930. The van der Waals surface area contributed by atoms with Crippen LogP contribution in [0.15, 0.2) is 18.5 Å². The van der Waals surface area contributed by atoms with Gasteiger partial charge in [0.05, 0.1) is 0 Å². The molecule has 3 nitrogen and oxygen atoms in total. The van der Waals surface area contributed by atoms with Crippen molar-refractivity contribution in [3.8, 4) is 0 Å². The summed E-state index contributed by atoms with van der Waals surface area (Å²) in [6, 6.07) is 2.77. The van der Waals surface area contributed by atoms with E-state index in [1.807, 2.05) is 12.4 Å². The molecule has 0 amide bonds. The molecule has 1 aliphatic rings. The second-order valence-corrected chi connectivity index (χ2v) is 5.00. The standard InChI is InChI=1S/C14H23N3/c1-12-6-8-16-10-13(12)11-17-9-3-2-4-14(17)5-7-15/h6,8,10,14H,2-5,7,9,11,15H2,1H3. The highest BCUT2D eigenvalue weighted by molar-refractivity contribution is 5.21. The van der Waals surface area contributed by atoms with E-state index in [1.54, 1.807) is 0 Å². The zero-order valence-corrected chi connectivity index (χ0v) is 10.7. The van der Waals surface area contributed by atoms with Gasteiger partial charge in [0, 0.05) is 25.0 Å². The van der Waals surface area contributed by atoms with Crippen molar-refractivity contribution in [3.05, 3.63) is 29.6 Å². The number of piperidine rings is 1. The van der Waals surface area contributed by atoms with Crippen molar-refractivity contribution < 1.29 is 0 Å². The molecule has 1 saturated heterocycles. The van der Waals surface area contributed by atoms with Crippen LogP contribution in [0.2, 0.25) is 0 Å². The topological polar surface area (TPSA) is 42.2 Å². The van der Waals surface area contributed by atoms with Gasteiger partial charge in [0.1, 0.15) is 0 Å². The number of pyridine rings is 1. The second kappa shape index (κ2) is 6.12. The van der Waals surface area contributed by atoms with Crippen LogP contribution in [0.4, 0.5) is 0 Å². The van der Waals surface area contributed by atoms with E-state index in [-0.39, 0.29) is 0 Å². The third-order valence-electron chi connectivity index (χ3n) is 3.77. The molecule has 1 aromatic heterocycles. The van der Waals surface area contributed by atoms with Crippen molar-refractivity contribution in [3.63, 3.8) is 0 Å². The number of nitrogens with two attached hydrogens (primary N) is 1. The molecular formula is C14H23N3. The molecule has 1 aromatic rings. The van der Waals surface area contributed by atoms with E-state index in [9.17, 15) is 0 Å². The summed E-state index contributed by atoms with van der Waals surface area (Å²) in [6.07, 6.45) is 8.97. The average Bonchev–Trinajstić information content (AvgIpc) is 2.35. The fourth-order valence-corrected chi connectivity index (χ4v) is 2.67. The molecule has 0 radical (unpaired) electrons. The Bertz CT molecular complexity index is 349. The van der Waals surface area contributed by atoms with Crippen LogP contribution >= 0.6 is 0 Å². The van der Waals surface area contributed by atoms with Crippen molar-refractivity contribution in [2.24, 2.45) is 5.73 Å². The molecule has 17 heavy (non-hydrogen) atoms. The molecule has 1 unspecified atom stereocenters. The number of nitrogens with zero attached hydrogens (tertiary/aromatic N) is 2. The summed E-state index contributed by atoms with van der Waals surface area (Å²) in [7, 11) is 0. The highest BCUT2D eigenvalue weighted by Crippen LogP contribution is 2.22. The zero-order valence-electron chi connectivity index (χ0n) is 10.7. The van der Waals surface area contributed by atoms with E-state index in [0.717, 1.165) is 19.5 Å². The van der Waals surface area contributed by atoms with Crippen LogP contribution in [0, 0.1) is 6.92 Å². The molecule has 1 atom stereocenters. The number of likely N-dealkylation sites (tertiary alicyclic amines) is 1. The highest BCUT2D eigenvalue weighted by atomic mass is 15.2. The maximum Gasteiger partial charge on any atom is 0.0315 e. The number of hydrogen-bond acceptors (Lipinski definition) is 3. The molecule has 0 saturated carbocycles. The molecule has 1 aliphatic heterocycles. The van der Waals surface area contributed by atoms with Gasteiger partial charge in [0.2, 0.25) is 0 Å². The molecule has 0 aliphatic carbocycles. The van der Waals surface area contributed by atoms with E-state index in [4.69, 9.17) is 5.73 Å². The smallest absolute Gasteiger partial charge is 0.0315 e. The van der Waals surface area contributed by atoms with Gasteiger partial charge in [-0.05, 0) is 56.5 Å². The van der Waals surface area contributed by atoms with Gasteiger partial charge >= 0.3 is 0 Å². The quantitative estimate of drug-likeness (QED) is 0.866. The van der Waals surface area contributed by atoms with E-state index in [1.165, 1.54) is 36.9 Å².